The SMILES string of the molecule is CC(C)(C)OC(=O)N1CSC[C@H]1CNC(=O)c1cccc2c1OCCO2. The third kappa shape index (κ3) is 4.35. The van der Waals surface area contributed by atoms with Crippen LogP contribution in [0.3, 0.4) is 0 Å². The topological polar surface area (TPSA) is 77.1 Å². The number of fused-ring (bicyclic) bond motifs is 1. The van der Waals surface area contributed by atoms with Gasteiger partial charge in [0.2, 0.25) is 0 Å². The fourth-order valence-corrected chi connectivity index (χ4v) is 3.92. The third-order valence-corrected chi connectivity index (χ3v) is 5.00. The second-order valence-electron chi connectivity index (χ2n) is 7.14. The first-order chi connectivity index (χ1) is 12.3. The van der Waals surface area contributed by atoms with E-state index in [1.54, 1.807) is 34.9 Å². The van der Waals surface area contributed by atoms with Crippen molar-refractivity contribution in [2.24, 2.45) is 0 Å². The fraction of sp³-hybridized carbons (Fsp3) is 0.556. The number of hydrogen-bond donors (Lipinski definition) is 1. The molecule has 26 heavy (non-hydrogen) atoms. The third-order valence-electron chi connectivity index (χ3n) is 3.92. The molecule has 0 unspecified atom stereocenters. The number of nitrogens with one attached hydrogen (secondary N) is 1. The molecule has 1 aromatic carbocycles. The molecular weight excluding hydrogens is 356 g/mol. The number of ether oxygens (including phenoxy) is 3. The Bertz CT molecular complexity index is 689. The Hall–Kier alpha value is -2.09. The van der Waals surface area contributed by atoms with E-state index in [2.05, 4.69) is 5.32 Å². The quantitative estimate of drug-likeness (QED) is 0.868. The van der Waals surface area contributed by atoms with Gasteiger partial charge in [-0.05, 0) is 32.9 Å². The molecule has 0 aromatic heterocycles. The number of benzene rings is 1. The summed E-state index contributed by atoms with van der Waals surface area (Å²) in [6.07, 6.45) is -0.351. The minimum Gasteiger partial charge on any atom is -0.486 e. The van der Waals surface area contributed by atoms with Gasteiger partial charge < -0.3 is 19.5 Å². The predicted molar refractivity (Wildman–Crippen MR) is 99.0 cm³/mol. The van der Waals surface area contributed by atoms with Gasteiger partial charge in [-0.1, -0.05) is 6.07 Å². The van der Waals surface area contributed by atoms with E-state index in [0.717, 1.165) is 5.75 Å². The Morgan fingerprint density at radius 2 is 2.08 bits per heavy atom. The van der Waals surface area contributed by atoms with Gasteiger partial charge in [0.05, 0.1) is 17.5 Å². The van der Waals surface area contributed by atoms with Crippen LogP contribution in [-0.2, 0) is 4.74 Å². The van der Waals surface area contributed by atoms with E-state index in [0.29, 0.717) is 42.7 Å². The van der Waals surface area contributed by atoms with Crippen molar-refractivity contribution in [2.45, 2.75) is 32.4 Å². The summed E-state index contributed by atoms with van der Waals surface area (Å²) in [7, 11) is 0. The average Bonchev–Trinajstić information content (AvgIpc) is 3.06. The summed E-state index contributed by atoms with van der Waals surface area (Å²) in [5.74, 6) is 2.13. The summed E-state index contributed by atoms with van der Waals surface area (Å²) in [5, 5.41) is 2.90. The van der Waals surface area contributed by atoms with E-state index >= 15 is 0 Å². The number of hydrogen-bond acceptors (Lipinski definition) is 6. The molecule has 1 fully saturated rings. The molecule has 1 saturated heterocycles. The van der Waals surface area contributed by atoms with Gasteiger partial charge in [-0.25, -0.2) is 4.79 Å². The summed E-state index contributed by atoms with van der Waals surface area (Å²) in [6.45, 7) is 6.77. The van der Waals surface area contributed by atoms with Crippen LogP contribution in [0.15, 0.2) is 18.2 Å². The lowest BCUT2D eigenvalue weighted by molar-refractivity contribution is 0.0239. The largest absolute Gasteiger partial charge is 0.486 e. The highest BCUT2D eigenvalue weighted by Gasteiger charge is 2.33. The molecule has 2 aliphatic rings. The summed E-state index contributed by atoms with van der Waals surface area (Å²) < 4.78 is 16.5. The molecule has 2 aliphatic heterocycles. The van der Waals surface area contributed by atoms with Gasteiger partial charge in [0, 0.05) is 12.3 Å². The van der Waals surface area contributed by atoms with E-state index in [-0.39, 0.29) is 18.0 Å². The molecule has 2 amide bonds. The number of para-hydroxylation sites is 1. The smallest absolute Gasteiger partial charge is 0.411 e. The zero-order valence-corrected chi connectivity index (χ0v) is 16.1. The van der Waals surface area contributed by atoms with Crippen LogP contribution < -0.4 is 14.8 Å². The maximum absolute atomic E-state index is 12.6. The van der Waals surface area contributed by atoms with E-state index in [4.69, 9.17) is 14.2 Å². The zero-order valence-electron chi connectivity index (χ0n) is 15.2. The minimum atomic E-state index is -0.543. The fourth-order valence-electron chi connectivity index (χ4n) is 2.73. The Morgan fingerprint density at radius 3 is 2.85 bits per heavy atom. The second-order valence-corrected chi connectivity index (χ2v) is 8.14. The van der Waals surface area contributed by atoms with E-state index < -0.39 is 5.60 Å². The molecule has 0 saturated carbocycles. The molecule has 3 rings (SSSR count). The maximum Gasteiger partial charge on any atom is 0.411 e. The predicted octanol–water partition coefficient (Wildman–Crippen LogP) is 2.50. The zero-order chi connectivity index (χ0) is 18.7. The molecule has 0 spiro atoms. The van der Waals surface area contributed by atoms with Gasteiger partial charge in [-0.2, -0.15) is 0 Å². The second kappa shape index (κ2) is 7.65. The first-order valence-corrected chi connectivity index (χ1v) is 9.75. The van der Waals surface area contributed by atoms with E-state index in [1.165, 1.54) is 0 Å². The number of thioether (sulfide) groups is 1. The molecule has 7 nitrogen and oxygen atoms in total. The lowest BCUT2D eigenvalue weighted by Crippen LogP contribution is -2.46. The van der Waals surface area contributed by atoms with Crippen molar-refractivity contribution >= 4 is 23.8 Å². The van der Waals surface area contributed by atoms with Gasteiger partial charge in [0.1, 0.15) is 18.8 Å². The molecule has 8 heteroatoms. The molecule has 0 aliphatic carbocycles. The Labute approximate surface area is 157 Å². The molecule has 0 radical (unpaired) electrons. The number of carbonyl (C=O) groups is 2. The Balaban J connectivity index is 1.62. The lowest BCUT2D eigenvalue weighted by Gasteiger charge is -2.28. The number of carbonyl (C=O) groups excluding carboxylic acids is 2. The lowest BCUT2D eigenvalue weighted by atomic mass is 10.1. The highest BCUT2D eigenvalue weighted by atomic mass is 32.2. The van der Waals surface area contributed by atoms with Gasteiger partial charge in [-0.15, -0.1) is 11.8 Å². The van der Waals surface area contributed by atoms with Gasteiger partial charge in [0.15, 0.2) is 11.5 Å². The first-order valence-electron chi connectivity index (χ1n) is 8.59. The molecular formula is C18H24N2O5S. The van der Waals surface area contributed by atoms with Gasteiger partial charge >= 0.3 is 6.09 Å². The monoisotopic (exact) mass is 380 g/mol. The van der Waals surface area contributed by atoms with Crippen molar-refractivity contribution < 1.29 is 23.8 Å². The van der Waals surface area contributed by atoms with Crippen molar-refractivity contribution in [3.63, 3.8) is 0 Å². The highest BCUT2D eigenvalue weighted by molar-refractivity contribution is 7.99. The molecule has 1 aromatic rings. The van der Waals surface area contributed by atoms with E-state index in [9.17, 15) is 9.59 Å². The van der Waals surface area contributed by atoms with Crippen LogP contribution in [0.4, 0.5) is 4.79 Å². The number of nitrogens with zero attached hydrogens (tertiary/aromatic N) is 1. The standard InChI is InChI=1S/C18H24N2O5S/c1-18(2,3)25-17(22)20-11-26-10-12(20)9-19-16(21)13-5-4-6-14-15(13)24-8-7-23-14/h4-6,12H,7-11H2,1-3H3,(H,19,21)/t12-/m1/s1. The summed E-state index contributed by atoms with van der Waals surface area (Å²) in [5.41, 5.74) is -0.102. The minimum absolute atomic E-state index is 0.101. The Morgan fingerprint density at radius 1 is 1.31 bits per heavy atom. The summed E-state index contributed by atoms with van der Waals surface area (Å²) in [6, 6.07) is 5.15. The summed E-state index contributed by atoms with van der Waals surface area (Å²) >= 11 is 1.64. The van der Waals surface area contributed by atoms with Crippen molar-refractivity contribution in [1.29, 1.82) is 0 Å². The molecule has 1 N–H and O–H groups in total. The van der Waals surface area contributed by atoms with Crippen LogP contribution in [0.5, 0.6) is 11.5 Å². The van der Waals surface area contributed by atoms with E-state index in [1.807, 2.05) is 20.8 Å². The van der Waals surface area contributed by atoms with Crippen LogP contribution in [-0.4, -0.2) is 59.9 Å². The van der Waals surface area contributed by atoms with Crippen LogP contribution >= 0.6 is 11.8 Å². The van der Waals surface area contributed by atoms with Crippen LogP contribution in [0.1, 0.15) is 31.1 Å². The van der Waals surface area contributed by atoms with Crippen molar-refractivity contribution in [3.05, 3.63) is 23.8 Å². The molecule has 2 heterocycles. The van der Waals surface area contributed by atoms with Crippen LogP contribution in [0.2, 0.25) is 0 Å². The molecule has 142 valence electrons. The van der Waals surface area contributed by atoms with Crippen molar-refractivity contribution in [3.8, 4) is 11.5 Å². The van der Waals surface area contributed by atoms with Crippen molar-refractivity contribution in [2.75, 3.05) is 31.4 Å². The van der Waals surface area contributed by atoms with Crippen molar-refractivity contribution in [1.82, 2.24) is 10.2 Å². The maximum atomic E-state index is 12.6. The van der Waals surface area contributed by atoms with Gasteiger partial charge in [0.25, 0.3) is 5.91 Å². The van der Waals surface area contributed by atoms with Crippen LogP contribution in [0.25, 0.3) is 0 Å². The number of amides is 2. The van der Waals surface area contributed by atoms with Crippen LogP contribution in [0, 0.1) is 0 Å². The summed E-state index contributed by atoms with van der Waals surface area (Å²) in [4.78, 5) is 26.6. The highest BCUT2D eigenvalue weighted by Crippen LogP contribution is 2.33. The molecule has 1 atom stereocenters. The normalized spacial score (nSPS) is 19.2. The average molecular weight is 380 g/mol. The molecule has 0 bridgehead atoms. The first kappa shape index (κ1) is 18.7. The Kier molecular flexibility index (Phi) is 5.50. The van der Waals surface area contributed by atoms with Gasteiger partial charge in [-0.3, -0.25) is 9.69 Å². The number of rotatable bonds is 3.